The van der Waals surface area contributed by atoms with E-state index in [0.717, 1.165) is 29.5 Å². The van der Waals surface area contributed by atoms with Gasteiger partial charge in [-0.1, -0.05) is 55.1 Å². The summed E-state index contributed by atoms with van der Waals surface area (Å²) in [5.41, 5.74) is 1.73. The molecule has 0 fully saturated rings. The van der Waals surface area contributed by atoms with E-state index in [-0.39, 0.29) is 11.7 Å². The maximum atomic E-state index is 12.3. The van der Waals surface area contributed by atoms with Gasteiger partial charge in [-0.2, -0.15) is 0 Å². The molecule has 0 spiro atoms. The van der Waals surface area contributed by atoms with Crippen molar-refractivity contribution in [2.75, 3.05) is 18.2 Å². The highest BCUT2D eigenvalue weighted by molar-refractivity contribution is 7.99. The van der Waals surface area contributed by atoms with Crippen LogP contribution in [0.25, 0.3) is 11.4 Å². The van der Waals surface area contributed by atoms with Crippen molar-refractivity contribution >= 4 is 23.4 Å². The number of ether oxygens (including phenoxy) is 1. The predicted molar refractivity (Wildman–Crippen MR) is 108 cm³/mol. The molecular formula is C20H22N4O2S. The lowest BCUT2D eigenvalue weighted by molar-refractivity contribution is -0.113. The zero-order chi connectivity index (χ0) is 19.1. The molecule has 1 heterocycles. The number of anilines is 1. The summed E-state index contributed by atoms with van der Waals surface area (Å²) in [6, 6.07) is 17.3. The fourth-order valence-electron chi connectivity index (χ4n) is 2.65. The number of thioether (sulfide) groups is 1. The summed E-state index contributed by atoms with van der Waals surface area (Å²) in [5.74, 6) is 1.69. The normalized spacial score (nSPS) is 10.6. The van der Waals surface area contributed by atoms with Gasteiger partial charge in [0.2, 0.25) is 5.91 Å². The molecule has 1 N–H and O–H groups in total. The molecule has 0 saturated heterocycles. The molecule has 0 aliphatic heterocycles. The van der Waals surface area contributed by atoms with Crippen molar-refractivity contribution < 1.29 is 9.53 Å². The highest BCUT2D eigenvalue weighted by atomic mass is 32.2. The van der Waals surface area contributed by atoms with E-state index in [9.17, 15) is 4.79 Å². The van der Waals surface area contributed by atoms with E-state index >= 15 is 0 Å². The van der Waals surface area contributed by atoms with Crippen LogP contribution in [0, 0.1) is 0 Å². The minimum absolute atomic E-state index is 0.0967. The van der Waals surface area contributed by atoms with Crippen LogP contribution < -0.4 is 10.1 Å². The Morgan fingerprint density at radius 3 is 2.70 bits per heavy atom. The van der Waals surface area contributed by atoms with Crippen LogP contribution in [0.5, 0.6) is 5.75 Å². The second-order valence-electron chi connectivity index (χ2n) is 5.89. The summed E-state index contributed by atoms with van der Waals surface area (Å²) in [6.07, 6.45) is 0.960. The number of amides is 1. The van der Waals surface area contributed by atoms with Crippen LogP contribution in [0.4, 0.5) is 5.69 Å². The number of hydrogen-bond acceptors (Lipinski definition) is 5. The third-order valence-corrected chi connectivity index (χ3v) is 4.85. The van der Waals surface area contributed by atoms with Crippen molar-refractivity contribution in [2.45, 2.75) is 25.0 Å². The highest BCUT2D eigenvalue weighted by Crippen LogP contribution is 2.24. The third kappa shape index (κ3) is 4.89. The van der Waals surface area contributed by atoms with Crippen molar-refractivity contribution in [1.82, 2.24) is 14.8 Å². The number of nitrogens with zero attached hydrogens (tertiary/aromatic N) is 3. The van der Waals surface area contributed by atoms with E-state index in [4.69, 9.17) is 4.74 Å². The zero-order valence-electron chi connectivity index (χ0n) is 15.4. The van der Waals surface area contributed by atoms with Crippen molar-refractivity contribution in [3.8, 4) is 17.1 Å². The Balaban J connectivity index is 1.68. The zero-order valence-corrected chi connectivity index (χ0v) is 16.2. The second-order valence-corrected chi connectivity index (χ2v) is 6.84. The molecule has 1 amide bonds. The quantitative estimate of drug-likeness (QED) is 0.594. The summed E-state index contributed by atoms with van der Waals surface area (Å²) >= 11 is 1.39. The lowest BCUT2D eigenvalue weighted by Crippen LogP contribution is -2.14. The molecule has 2 aromatic carbocycles. The van der Waals surface area contributed by atoms with Crippen molar-refractivity contribution in [3.63, 3.8) is 0 Å². The number of rotatable bonds is 8. The highest BCUT2D eigenvalue weighted by Gasteiger charge is 2.15. The van der Waals surface area contributed by atoms with Crippen molar-refractivity contribution in [2.24, 2.45) is 0 Å². The van der Waals surface area contributed by atoms with E-state index in [0.29, 0.717) is 11.4 Å². The summed E-state index contributed by atoms with van der Waals surface area (Å²) < 4.78 is 7.24. The average Bonchev–Trinajstić information content (AvgIpc) is 3.10. The van der Waals surface area contributed by atoms with Gasteiger partial charge >= 0.3 is 0 Å². The minimum Gasteiger partial charge on any atom is -0.497 e. The van der Waals surface area contributed by atoms with Gasteiger partial charge in [0.15, 0.2) is 11.0 Å². The largest absolute Gasteiger partial charge is 0.497 e. The predicted octanol–water partition coefficient (Wildman–Crippen LogP) is 4.09. The fraction of sp³-hybridized carbons (Fsp3) is 0.250. The Morgan fingerprint density at radius 2 is 1.96 bits per heavy atom. The van der Waals surface area contributed by atoms with E-state index in [1.807, 2.05) is 48.5 Å². The molecule has 0 atom stereocenters. The minimum atomic E-state index is -0.0967. The topological polar surface area (TPSA) is 69.0 Å². The van der Waals surface area contributed by atoms with Gasteiger partial charge in [0, 0.05) is 23.9 Å². The molecule has 0 bridgehead atoms. The van der Waals surface area contributed by atoms with Crippen LogP contribution in [0.2, 0.25) is 0 Å². The fourth-order valence-corrected chi connectivity index (χ4v) is 3.41. The van der Waals surface area contributed by atoms with Crippen LogP contribution in [-0.4, -0.2) is 33.5 Å². The van der Waals surface area contributed by atoms with E-state index < -0.39 is 0 Å². The first-order valence-electron chi connectivity index (χ1n) is 8.76. The first-order chi connectivity index (χ1) is 13.2. The van der Waals surface area contributed by atoms with Gasteiger partial charge in [-0.3, -0.25) is 4.79 Å². The Kier molecular flexibility index (Phi) is 6.49. The summed E-state index contributed by atoms with van der Waals surface area (Å²) in [6.45, 7) is 2.91. The van der Waals surface area contributed by atoms with Gasteiger partial charge in [0.05, 0.1) is 12.9 Å². The first kappa shape index (κ1) is 19.0. The molecule has 0 saturated carbocycles. The molecule has 7 heteroatoms. The molecule has 0 unspecified atom stereocenters. The maximum Gasteiger partial charge on any atom is 0.234 e. The van der Waals surface area contributed by atoms with Crippen LogP contribution in [0.15, 0.2) is 59.8 Å². The number of carbonyl (C=O) groups is 1. The van der Waals surface area contributed by atoms with Gasteiger partial charge in [-0.25, -0.2) is 0 Å². The number of benzene rings is 2. The molecule has 1 aromatic heterocycles. The monoisotopic (exact) mass is 382 g/mol. The van der Waals surface area contributed by atoms with Crippen molar-refractivity contribution in [3.05, 3.63) is 54.6 Å². The first-order valence-corrected chi connectivity index (χ1v) is 9.75. The summed E-state index contributed by atoms with van der Waals surface area (Å²) in [5, 5.41) is 12.3. The van der Waals surface area contributed by atoms with E-state index in [1.165, 1.54) is 11.8 Å². The molecule has 6 nitrogen and oxygen atoms in total. The van der Waals surface area contributed by atoms with Gasteiger partial charge in [0.1, 0.15) is 5.75 Å². The van der Waals surface area contributed by atoms with Gasteiger partial charge in [-0.15, -0.1) is 10.2 Å². The lowest BCUT2D eigenvalue weighted by Gasteiger charge is -2.09. The van der Waals surface area contributed by atoms with Crippen LogP contribution >= 0.6 is 11.8 Å². The number of methoxy groups -OCH3 is 1. The Morgan fingerprint density at radius 1 is 1.15 bits per heavy atom. The number of aromatic nitrogens is 3. The summed E-state index contributed by atoms with van der Waals surface area (Å²) in [7, 11) is 1.60. The molecule has 3 rings (SSSR count). The number of nitrogens with one attached hydrogen (secondary N) is 1. The van der Waals surface area contributed by atoms with Crippen LogP contribution in [0.3, 0.4) is 0 Å². The van der Waals surface area contributed by atoms with Crippen molar-refractivity contribution in [1.29, 1.82) is 0 Å². The standard InChI is InChI=1S/C20H22N4O2S/c1-3-12-24-19(15-8-5-4-6-9-15)22-23-20(24)27-14-18(25)21-16-10-7-11-17(13-16)26-2/h4-11,13H,3,12,14H2,1-2H3,(H,21,25). The number of carbonyl (C=O) groups excluding carboxylic acids is 1. The number of hydrogen-bond donors (Lipinski definition) is 1. The molecule has 0 aliphatic carbocycles. The maximum absolute atomic E-state index is 12.3. The molecular weight excluding hydrogens is 360 g/mol. The Hall–Kier alpha value is -2.80. The van der Waals surface area contributed by atoms with Gasteiger partial charge in [0.25, 0.3) is 0 Å². The molecule has 27 heavy (non-hydrogen) atoms. The molecule has 3 aromatic rings. The molecule has 0 aliphatic rings. The molecule has 0 radical (unpaired) electrons. The van der Waals surface area contributed by atoms with Gasteiger partial charge in [-0.05, 0) is 18.6 Å². The van der Waals surface area contributed by atoms with E-state index in [1.54, 1.807) is 13.2 Å². The Bertz CT molecular complexity index is 896. The van der Waals surface area contributed by atoms with Gasteiger partial charge < -0.3 is 14.6 Å². The SMILES string of the molecule is CCCn1c(SCC(=O)Nc2cccc(OC)c2)nnc1-c1ccccc1. The Labute approximate surface area is 163 Å². The lowest BCUT2D eigenvalue weighted by atomic mass is 10.2. The average molecular weight is 382 g/mol. The van der Waals surface area contributed by atoms with Crippen LogP contribution in [0.1, 0.15) is 13.3 Å². The van der Waals surface area contributed by atoms with E-state index in [2.05, 4.69) is 27.0 Å². The smallest absolute Gasteiger partial charge is 0.234 e. The molecule has 140 valence electrons. The van der Waals surface area contributed by atoms with Crippen LogP contribution in [-0.2, 0) is 11.3 Å². The summed E-state index contributed by atoms with van der Waals surface area (Å²) in [4.78, 5) is 12.3. The third-order valence-electron chi connectivity index (χ3n) is 3.88. The second kappa shape index (κ2) is 9.23.